The van der Waals surface area contributed by atoms with E-state index in [-0.39, 0.29) is 16.7 Å². The standard InChI is InChI=1S/C17H18N4O2S2/c1-9-10(2)25-17-14(9)16(23)20-13(21-17)8-24-11(3)15(22)19-12-5-4-6-18-7-12/h4-7,11H,8H2,1-3H3,(H,19,22)(H,20,21,23). The third kappa shape index (κ3) is 3.91. The van der Waals surface area contributed by atoms with Crippen LogP contribution in [-0.2, 0) is 10.5 Å². The van der Waals surface area contributed by atoms with E-state index in [1.54, 1.807) is 24.5 Å². The van der Waals surface area contributed by atoms with Crippen LogP contribution in [0.4, 0.5) is 5.69 Å². The number of hydrogen-bond donors (Lipinski definition) is 2. The minimum absolute atomic E-state index is 0.107. The number of anilines is 1. The molecule has 3 aromatic heterocycles. The average molecular weight is 374 g/mol. The molecule has 0 radical (unpaired) electrons. The van der Waals surface area contributed by atoms with Gasteiger partial charge in [0.1, 0.15) is 10.7 Å². The van der Waals surface area contributed by atoms with Gasteiger partial charge in [-0.25, -0.2) is 4.98 Å². The normalized spacial score (nSPS) is 12.3. The minimum atomic E-state index is -0.284. The van der Waals surface area contributed by atoms with Crippen molar-refractivity contribution in [2.75, 3.05) is 5.32 Å². The van der Waals surface area contributed by atoms with Crippen molar-refractivity contribution in [2.45, 2.75) is 31.8 Å². The van der Waals surface area contributed by atoms with Gasteiger partial charge >= 0.3 is 0 Å². The number of aryl methyl sites for hydroxylation is 2. The SMILES string of the molecule is Cc1sc2nc(CSC(C)C(=O)Nc3cccnc3)[nH]c(=O)c2c1C. The van der Waals surface area contributed by atoms with Gasteiger partial charge in [0.05, 0.1) is 28.3 Å². The molecular weight excluding hydrogens is 356 g/mol. The molecule has 0 aliphatic rings. The van der Waals surface area contributed by atoms with E-state index in [1.807, 2.05) is 20.8 Å². The number of thioether (sulfide) groups is 1. The van der Waals surface area contributed by atoms with E-state index in [2.05, 4.69) is 20.3 Å². The lowest BCUT2D eigenvalue weighted by atomic mass is 10.2. The highest BCUT2D eigenvalue weighted by Gasteiger charge is 2.16. The number of nitrogens with one attached hydrogen (secondary N) is 2. The van der Waals surface area contributed by atoms with Gasteiger partial charge in [-0.3, -0.25) is 14.6 Å². The molecule has 0 aliphatic carbocycles. The molecular formula is C17H18N4O2S2. The number of aromatic amines is 1. The van der Waals surface area contributed by atoms with Crippen molar-refractivity contribution >= 4 is 44.9 Å². The Balaban J connectivity index is 1.68. The molecule has 25 heavy (non-hydrogen) atoms. The predicted molar refractivity (Wildman–Crippen MR) is 103 cm³/mol. The molecule has 1 atom stereocenters. The summed E-state index contributed by atoms with van der Waals surface area (Å²) in [5.74, 6) is 0.942. The molecule has 1 unspecified atom stereocenters. The third-order valence-electron chi connectivity index (χ3n) is 3.86. The topological polar surface area (TPSA) is 87.7 Å². The Morgan fingerprint density at radius 2 is 2.24 bits per heavy atom. The Morgan fingerprint density at radius 3 is 2.96 bits per heavy atom. The fourth-order valence-electron chi connectivity index (χ4n) is 2.33. The van der Waals surface area contributed by atoms with E-state index in [4.69, 9.17) is 0 Å². The molecule has 3 aromatic rings. The number of H-pyrrole nitrogens is 1. The lowest BCUT2D eigenvalue weighted by Crippen LogP contribution is -2.23. The number of pyridine rings is 1. The van der Waals surface area contributed by atoms with Gasteiger partial charge in [0, 0.05) is 11.1 Å². The van der Waals surface area contributed by atoms with Crippen molar-refractivity contribution < 1.29 is 4.79 Å². The molecule has 3 heterocycles. The summed E-state index contributed by atoms with van der Waals surface area (Å²) in [6, 6.07) is 3.55. The number of thiophene rings is 1. The number of hydrogen-bond acceptors (Lipinski definition) is 6. The smallest absolute Gasteiger partial charge is 0.259 e. The van der Waals surface area contributed by atoms with Crippen molar-refractivity contribution in [1.29, 1.82) is 0 Å². The van der Waals surface area contributed by atoms with Crippen LogP contribution in [0.3, 0.4) is 0 Å². The van der Waals surface area contributed by atoms with Gasteiger partial charge in [-0.2, -0.15) is 0 Å². The van der Waals surface area contributed by atoms with Crippen LogP contribution in [0.2, 0.25) is 0 Å². The highest BCUT2D eigenvalue weighted by molar-refractivity contribution is 7.99. The number of aromatic nitrogens is 3. The number of nitrogens with zero attached hydrogens (tertiary/aromatic N) is 2. The first-order chi connectivity index (χ1) is 12.0. The number of carbonyl (C=O) groups excluding carboxylic acids is 1. The van der Waals surface area contributed by atoms with Crippen LogP contribution in [0.1, 0.15) is 23.2 Å². The summed E-state index contributed by atoms with van der Waals surface area (Å²) in [6.07, 6.45) is 3.25. The number of carbonyl (C=O) groups is 1. The number of fused-ring (bicyclic) bond motifs is 1. The second-order valence-electron chi connectivity index (χ2n) is 5.66. The molecule has 3 rings (SSSR count). The van der Waals surface area contributed by atoms with E-state index in [0.29, 0.717) is 22.7 Å². The molecule has 130 valence electrons. The lowest BCUT2D eigenvalue weighted by molar-refractivity contribution is -0.115. The van der Waals surface area contributed by atoms with Crippen molar-refractivity contribution in [3.8, 4) is 0 Å². The van der Waals surface area contributed by atoms with Crippen LogP contribution in [0, 0.1) is 13.8 Å². The second kappa shape index (κ2) is 7.37. The first-order valence-corrected chi connectivity index (χ1v) is 9.63. The van der Waals surface area contributed by atoms with Crippen LogP contribution in [0.25, 0.3) is 10.2 Å². The highest BCUT2D eigenvalue weighted by atomic mass is 32.2. The Morgan fingerprint density at radius 1 is 1.44 bits per heavy atom. The van der Waals surface area contributed by atoms with Gasteiger partial charge in [0.2, 0.25) is 5.91 Å². The Labute approximate surface area is 153 Å². The Hall–Kier alpha value is -2.19. The Bertz CT molecular complexity index is 966. The highest BCUT2D eigenvalue weighted by Crippen LogP contribution is 2.26. The van der Waals surface area contributed by atoms with Gasteiger partial charge in [-0.05, 0) is 38.5 Å². The zero-order valence-corrected chi connectivity index (χ0v) is 15.8. The molecule has 0 saturated heterocycles. The maximum Gasteiger partial charge on any atom is 0.259 e. The predicted octanol–water partition coefficient (Wildman–Crippen LogP) is 3.26. The fraction of sp³-hybridized carbons (Fsp3) is 0.294. The molecule has 0 fully saturated rings. The van der Waals surface area contributed by atoms with Crippen molar-refractivity contribution in [1.82, 2.24) is 15.0 Å². The van der Waals surface area contributed by atoms with E-state index in [0.717, 1.165) is 15.3 Å². The first-order valence-electron chi connectivity index (χ1n) is 7.77. The molecule has 6 nitrogen and oxygen atoms in total. The van der Waals surface area contributed by atoms with Gasteiger partial charge < -0.3 is 10.3 Å². The third-order valence-corrected chi connectivity index (χ3v) is 6.11. The molecule has 0 aliphatic heterocycles. The van der Waals surface area contributed by atoms with Crippen molar-refractivity contribution in [3.05, 3.63) is 51.1 Å². The fourth-order valence-corrected chi connectivity index (χ4v) is 4.13. The van der Waals surface area contributed by atoms with Crippen LogP contribution >= 0.6 is 23.1 Å². The van der Waals surface area contributed by atoms with Crippen LogP contribution in [-0.4, -0.2) is 26.1 Å². The summed E-state index contributed by atoms with van der Waals surface area (Å²) < 4.78 is 0. The van der Waals surface area contributed by atoms with Gasteiger partial charge in [0.25, 0.3) is 5.56 Å². The summed E-state index contributed by atoms with van der Waals surface area (Å²) in [6.45, 7) is 5.75. The quantitative estimate of drug-likeness (QED) is 0.716. The summed E-state index contributed by atoms with van der Waals surface area (Å²) in [7, 11) is 0. The largest absolute Gasteiger partial charge is 0.324 e. The lowest BCUT2D eigenvalue weighted by Gasteiger charge is -2.11. The molecule has 1 amide bonds. The molecule has 0 bridgehead atoms. The van der Waals surface area contributed by atoms with Gasteiger partial charge in [-0.1, -0.05) is 0 Å². The van der Waals surface area contributed by atoms with Crippen molar-refractivity contribution in [3.63, 3.8) is 0 Å². The maximum absolute atomic E-state index is 12.3. The summed E-state index contributed by atoms with van der Waals surface area (Å²) >= 11 is 2.95. The number of amides is 1. The minimum Gasteiger partial charge on any atom is -0.324 e. The molecule has 8 heteroatoms. The van der Waals surface area contributed by atoms with E-state index < -0.39 is 0 Å². The van der Waals surface area contributed by atoms with E-state index in [1.165, 1.54) is 23.1 Å². The maximum atomic E-state index is 12.3. The zero-order valence-electron chi connectivity index (χ0n) is 14.1. The second-order valence-corrected chi connectivity index (χ2v) is 8.19. The zero-order chi connectivity index (χ0) is 18.0. The summed E-state index contributed by atoms with van der Waals surface area (Å²) in [5, 5.41) is 3.20. The summed E-state index contributed by atoms with van der Waals surface area (Å²) in [4.78, 5) is 37.7. The molecule has 0 saturated carbocycles. The van der Waals surface area contributed by atoms with Gasteiger partial charge in [-0.15, -0.1) is 23.1 Å². The van der Waals surface area contributed by atoms with Crippen LogP contribution < -0.4 is 10.9 Å². The van der Waals surface area contributed by atoms with Crippen molar-refractivity contribution in [2.24, 2.45) is 0 Å². The molecule has 2 N–H and O–H groups in total. The summed E-state index contributed by atoms with van der Waals surface area (Å²) in [5.41, 5.74) is 1.53. The van der Waals surface area contributed by atoms with Crippen LogP contribution in [0.15, 0.2) is 29.3 Å². The van der Waals surface area contributed by atoms with Gasteiger partial charge in [0.15, 0.2) is 0 Å². The average Bonchev–Trinajstić information content (AvgIpc) is 2.88. The number of rotatable bonds is 5. The van der Waals surface area contributed by atoms with Crippen LogP contribution in [0.5, 0.6) is 0 Å². The van der Waals surface area contributed by atoms with E-state index >= 15 is 0 Å². The van der Waals surface area contributed by atoms with E-state index in [9.17, 15) is 9.59 Å². The molecule has 0 spiro atoms. The monoisotopic (exact) mass is 374 g/mol. The Kier molecular flexibility index (Phi) is 5.19. The first kappa shape index (κ1) is 17.6. The molecule has 0 aromatic carbocycles.